The molecule has 4 heteroatoms. The number of fused-ring (bicyclic) bond motifs is 1. The van der Waals surface area contributed by atoms with E-state index in [1.54, 1.807) is 6.07 Å². The third-order valence-electron chi connectivity index (χ3n) is 3.08. The number of nitrogens with zero attached hydrogens (tertiary/aromatic N) is 2. The summed E-state index contributed by atoms with van der Waals surface area (Å²) in [6.45, 7) is 0. The molecule has 0 atom stereocenters. The summed E-state index contributed by atoms with van der Waals surface area (Å²) in [6.07, 6.45) is 3.42. The van der Waals surface area contributed by atoms with Crippen LogP contribution in [0.2, 0.25) is 0 Å². The van der Waals surface area contributed by atoms with Crippen LogP contribution < -0.4 is 0 Å². The lowest BCUT2D eigenvalue weighted by atomic mass is 10.0. The SMILES string of the molecule is Cn1ccc2c(C#N)ccc(CCCC(=O)O)c21. The number of carbonyl (C=O) groups is 1. The predicted molar refractivity (Wildman–Crippen MR) is 68.2 cm³/mol. The molecule has 1 aromatic heterocycles. The first kappa shape index (κ1) is 12.2. The highest BCUT2D eigenvalue weighted by atomic mass is 16.4. The lowest BCUT2D eigenvalue weighted by molar-refractivity contribution is -0.137. The smallest absolute Gasteiger partial charge is 0.303 e. The zero-order valence-corrected chi connectivity index (χ0v) is 10.2. The fourth-order valence-corrected chi connectivity index (χ4v) is 2.23. The average Bonchev–Trinajstić information content (AvgIpc) is 2.72. The summed E-state index contributed by atoms with van der Waals surface area (Å²) in [4.78, 5) is 10.5. The monoisotopic (exact) mass is 242 g/mol. The van der Waals surface area contributed by atoms with Crippen LogP contribution in [0.15, 0.2) is 24.4 Å². The van der Waals surface area contributed by atoms with Crippen LogP contribution in [0, 0.1) is 11.3 Å². The van der Waals surface area contributed by atoms with E-state index in [1.165, 1.54) is 0 Å². The minimum absolute atomic E-state index is 0.173. The fraction of sp³-hybridized carbons (Fsp3) is 0.286. The van der Waals surface area contributed by atoms with Gasteiger partial charge in [-0.25, -0.2) is 0 Å². The van der Waals surface area contributed by atoms with Crippen molar-refractivity contribution in [2.45, 2.75) is 19.3 Å². The largest absolute Gasteiger partial charge is 0.481 e. The third-order valence-corrected chi connectivity index (χ3v) is 3.08. The van der Waals surface area contributed by atoms with Gasteiger partial charge in [0.25, 0.3) is 0 Å². The Morgan fingerprint density at radius 3 is 2.89 bits per heavy atom. The molecular formula is C14H14N2O2. The number of rotatable bonds is 4. The van der Waals surface area contributed by atoms with Gasteiger partial charge in [0.05, 0.1) is 17.1 Å². The molecule has 0 aliphatic rings. The Kier molecular flexibility index (Phi) is 3.33. The first-order chi connectivity index (χ1) is 8.63. The first-order valence-electron chi connectivity index (χ1n) is 5.82. The zero-order chi connectivity index (χ0) is 13.1. The van der Waals surface area contributed by atoms with Crippen LogP contribution in [-0.4, -0.2) is 15.6 Å². The van der Waals surface area contributed by atoms with E-state index in [0.29, 0.717) is 18.4 Å². The van der Waals surface area contributed by atoms with Gasteiger partial charge in [-0.2, -0.15) is 5.26 Å². The molecule has 18 heavy (non-hydrogen) atoms. The second kappa shape index (κ2) is 4.92. The van der Waals surface area contributed by atoms with Crippen molar-refractivity contribution in [1.82, 2.24) is 4.57 Å². The van der Waals surface area contributed by atoms with Gasteiger partial charge in [-0.3, -0.25) is 4.79 Å². The van der Waals surface area contributed by atoms with Gasteiger partial charge in [0.1, 0.15) is 0 Å². The van der Waals surface area contributed by atoms with E-state index >= 15 is 0 Å². The normalized spacial score (nSPS) is 10.4. The summed E-state index contributed by atoms with van der Waals surface area (Å²) in [6, 6.07) is 7.83. The molecule has 0 bridgehead atoms. The molecule has 4 nitrogen and oxygen atoms in total. The van der Waals surface area contributed by atoms with Crippen LogP contribution in [0.1, 0.15) is 24.0 Å². The van der Waals surface area contributed by atoms with Crippen molar-refractivity contribution in [3.8, 4) is 6.07 Å². The predicted octanol–water partition coefficient (Wildman–Crippen LogP) is 2.46. The molecule has 0 saturated carbocycles. The summed E-state index contributed by atoms with van der Waals surface area (Å²) in [5.41, 5.74) is 2.78. The molecule has 0 aliphatic heterocycles. The van der Waals surface area contributed by atoms with Crippen LogP contribution in [0.25, 0.3) is 10.9 Å². The maximum absolute atomic E-state index is 10.5. The highest BCUT2D eigenvalue weighted by Gasteiger charge is 2.09. The van der Waals surface area contributed by atoms with Crippen molar-refractivity contribution >= 4 is 16.9 Å². The second-order valence-corrected chi connectivity index (χ2v) is 4.32. The Morgan fingerprint density at radius 2 is 2.22 bits per heavy atom. The molecule has 0 amide bonds. The number of benzene rings is 1. The van der Waals surface area contributed by atoms with Crippen LogP contribution in [0.5, 0.6) is 0 Å². The Bertz CT molecular complexity index is 635. The molecule has 0 spiro atoms. The maximum atomic E-state index is 10.5. The van der Waals surface area contributed by atoms with Gasteiger partial charge < -0.3 is 9.67 Å². The fourth-order valence-electron chi connectivity index (χ4n) is 2.23. The van der Waals surface area contributed by atoms with Crippen molar-refractivity contribution < 1.29 is 9.90 Å². The summed E-state index contributed by atoms with van der Waals surface area (Å²) in [7, 11) is 1.93. The highest BCUT2D eigenvalue weighted by Crippen LogP contribution is 2.24. The molecule has 0 aliphatic carbocycles. The number of carboxylic acid groups (broad SMARTS) is 1. The maximum Gasteiger partial charge on any atom is 0.303 e. The van der Waals surface area contributed by atoms with E-state index in [1.807, 2.05) is 29.9 Å². The van der Waals surface area contributed by atoms with Crippen LogP contribution >= 0.6 is 0 Å². The van der Waals surface area contributed by atoms with Gasteiger partial charge in [0.2, 0.25) is 0 Å². The minimum atomic E-state index is -0.772. The van der Waals surface area contributed by atoms with Crippen molar-refractivity contribution in [3.05, 3.63) is 35.5 Å². The topological polar surface area (TPSA) is 66.0 Å². The Hall–Kier alpha value is -2.28. The zero-order valence-electron chi connectivity index (χ0n) is 10.2. The van der Waals surface area contributed by atoms with Crippen molar-refractivity contribution in [1.29, 1.82) is 5.26 Å². The number of aromatic nitrogens is 1. The molecule has 1 aromatic carbocycles. The molecule has 0 fully saturated rings. The highest BCUT2D eigenvalue weighted by molar-refractivity contribution is 5.88. The van der Waals surface area contributed by atoms with E-state index in [9.17, 15) is 4.79 Å². The van der Waals surface area contributed by atoms with Crippen molar-refractivity contribution in [2.24, 2.45) is 7.05 Å². The molecule has 92 valence electrons. The average molecular weight is 242 g/mol. The number of aryl methyl sites for hydroxylation is 2. The van der Waals surface area contributed by atoms with Crippen molar-refractivity contribution in [3.63, 3.8) is 0 Å². The summed E-state index contributed by atoms with van der Waals surface area (Å²) in [5, 5.41) is 18.6. The third kappa shape index (κ3) is 2.21. The molecule has 0 saturated heterocycles. The molecule has 0 unspecified atom stereocenters. The Morgan fingerprint density at radius 1 is 1.44 bits per heavy atom. The number of hydrogen-bond donors (Lipinski definition) is 1. The Labute approximate surface area is 105 Å². The van der Waals surface area contributed by atoms with Gasteiger partial charge in [0, 0.05) is 25.1 Å². The second-order valence-electron chi connectivity index (χ2n) is 4.32. The van der Waals surface area contributed by atoms with Crippen molar-refractivity contribution in [2.75, 3.05) is 0 Å². The Balaban J connectivity index is 2.37. The van der Waals surface area contributed by atoms with Crippen LogP contribution in [0.3, 0.4) is 0 Å². The van der Waals surface area contributed by atoms with Gasteiger partial charge >= 0.3 is 5.97 Å². The quantitative estimate of drug-likeness (QED) is 0.895. The number of aliphatic carboxylic acids is 1. The molecule has 2 rings (SSSR count). The van der Waals surface area contributed by atoms with E-state index in [2.05, 4.69) is 6.07 Å². The molecule has 2 aromatic rings. The van der Waals surface area contributed by atoms with E-state index in [-0.39, 0.29) is 6.42 Å². The molecule has 1 heterocycles. The molecular weight excluding hydrogens is 228 g/mol. The standard InChI is InChI=1S/C14H14N2O2/c1-16-8-7-12-11(9-15)6-5-10(14(12)16)3-2-4-13(17)18/h5-8H,2-4H2,1H3,(H,17,18). The number of hydrogen-bond acceptors (Lipinski definition) is 2. The lowest BCUT2D eigenvalue weighted by Gasteiger charge is -2.06. The van der Waals surface area contributed by atoms with Gasteiger partial charge in [-0.15, -0.1) is 0 Å². The summed E-state index contributed by atoms with van der Waals surface area (Å²) >= 11 is 0. The molecule has 1 N–H and O–H groups in total. The van der Waals surface area contributed by atoms with E-state index < -0.39 is 5.97 Å². The first-order valence-corrected chi connectivity index (χ1v) is 5.82. The van der Waals surface area contributed by atoms with E-state index in [4.69, 9.17) is 10.4 Å². The van der Waals surface area contributed by atoms with Crippen LogP contribution in [0.4, 0.5) is 0 Å². The number of nitriles is 1. The summed E-state index contributed by atoms with van der Waals surface area (Å²) < 4.78 is 1.98. The minimum Gasteiger partial charge on any atom is -0.481 e. The number of carboxylic acids is 1. The van der Waals surface area contributed by atoms with Gasteiger partial charge in [0.15, 0.2) is 0 Å². The lowest BCUT2D eigenvalue weighted by Crippen LogP contribution is -1.98. The van der Waals surface area contributed by atoms with E-state index in [0.717, 1.165) is 16.5 Å². The van der Waals surface area contributed by atoms with Gasteiger partial charge in [-0.05, 0) is 30.5 Å². The van der Waals surface area contributed by atoms with Gasteiger partial charge in [-0.1, -0.05) is 6.07 Å². The molecule has 0 radical (unpaired) electrons. The summed E-state index contributed by atoms with van der Waals surface area (Å²) in [5.74, 6) is -0.772. The van der Waals surface area contributed by atoms with Crippen LogP contribution in [-0.2, 0) is 18.3 Å².